The van der Waals surface area contributed by atoms with Crippen LogP contribution in [-0.4, -0.2) is 76.3 Å². The number of nitrogens with one attached hydrogen (secondary N) is 2. The summed E-state index contributed by atoms with van der Waals surface area (Å²) in [5.74, 6) is -0.851. The molecule has 4 rings (SSSR count). The van der Waals surface area contributed by atoms with Crippen LogP contribution in [0.2, 0.25) is 5.02 Å². The van der Waals surface area contributed by atoms with Gasteiger partial charge in [-0.2, -0.15) is 0 Å². The number of carbonyl (C=O) groups excluding carboxylic acids is 3. The van der Waals surface area contributed by atoms with Crippen molar-refractivity contribution in [2.45, 2.75) is 32.8 Å². The first-order chi connectivity index (χ1) is 18.4. The highest BCUT2D eigenvalue weighted by atomic mass is 35.5. The number of pyridine rings is 1. The van der Waals surface area contributed by atoms with E-state index in [1.165, 1.54) is 0 Å². The highest BCUT2D eigenvalue weighted by Crippen LogP contribution is 2.40. The number of amides is 3. The maximum atomic E-state index is 14.2. The van der Waals surface area contributed by atoms with Crippen molar-refractivity contribution in [2.24, 2.45) is 11.1 Å². The molecule has 11 nitrogen and oxygen atoms in total. The molecule has 0 saturated carbocycles. The van der Waals surface area contributed by atoms with Gasteiger partial charge in [0, 0.05) is 55.4 Å². The third-order valence-electron chi connectivity index (χ3n) is 7.07. The molecule has 5 N–H and O–H groups in total. The van der Waals surface area contributed by atoms with Crippen LogP contribution >= 0.6 is 11.6 Å². The molecule has 0 radical (unpaired) electrons. The molecule has 0 spiro atoms. The van der Waals surface area contributed by atoms with Gasteiger partial charge < -0.3 is 35.7 Å². The molecular formula is C27H33ClN6O5. The van der Waals surface area contributed by atoms with Gasteiger partial charge in [-0.25, -0.2) is 9.78 Å². The number of aliphatic hydroxyl groups excluding tert-OH is 1. The van der Waals surface area contributed by atoms with Crippen LogP contribution in [0.15, 0.2) is 42.7 Å². The number of aromatic nitrogens is 2. The van der Waals surface area contributed by atoms with Gasteiger partial charge >= 0.3 is 6.09 Å². The molecule has 3 heterocycles. The zero-order valence-corrected chi connectivity index (χ0v) is 22.9. The number of hydrogen-bond donors (Lipinski definition) is 4. The van der Waals surface area contributed by atoms with E-state index in [1.807, 2.05) is 26.8 Å². The highest BCUT2D eigenvalue weighted by molar-refractivity contribution is 6.30. The van der Waals surface area contributed by atoms with Crippen molar-refractivity contribution in [3.8, 4) is 0 Å². The van der Waals surface area contributed by atoms with Crippen LogP contribution in [0, 0.1) is 5.41 Å². The largest absolute Gasteiger partial charge is 0.432 e. The van der Waals surface area contributed by atoms with E-state index in [9.17, 15) is 14.4 Å². The third kappa shape index (κ3) is 5.79. The standard InChI is InChI=1S/C27H33ClN6O5/c1-26(2,3)27(39-25(29)38,14-17-4-6-18(28)7-5-17)24(37)34-12-10-33(11-13-34)20-8-9-30-23-22(20)19(15-31-23)32-21(36)16-35/h4-9,15,35H,10-14,16H2,1-3H3,(H2,29,38)(H,30,31)(H,32,36)/t27-/m0/s1. The molecule has 1 fully saturated rings. The number of aliphatic hydroxyl groups is 1. The monoisotopic (exact) mass is 556 g/mol. The van der Waals surface area contributed by atoms with E-state index < -0.39 is 29.6 Å². The molecule has 1 aliphatic heterocycles. The average molecular weight is 557 g/mol. The maximum absolute atomic E-state index is 14.2. The second-order valence-electron chi connectivity index (χ2n) is 10.5. The Morgan fingerprint density at radius 2 is 1.79 bits per heavy atom. The van der Waals surface area contributed by atoms with E-state index in [-0.39, 0.29) is 12.3 Å². The van der Waals surface area contributed by atoms with E-state index in [1.54, 1.807) is 41.6 Å². The normalized spacial score (nSPS) is 15.6. The lowest BCUT2D eigenvalue weighted by Gasteiger charge is -2.46. The minimum atomic E-state index is -1.54. The first-order valence-corrected chi connectivity index (χ1v) is 13.0. The lowest BCUT2D eigenvalue weighted by atomic mass is 9.71. The predicted molar refractivity (Wildman–Crippen MR) is 149 cm³/mol. The quantitative estimate of drug-likeness (QED) is 0.349. The third-order valence-corrected chi connectivity index (χ3v) is 7.33. The summed E-state index contributed by atoms with van der Waals surface area (Å²) in [6, 6.07) is 8.91. The summed E-state index contributed by atoms with van der Waals surface area (Å²) in [6.45, 7) is 6.62. The van der Waals surface area contributed by atoms with Gasteiger partial charge in [-0.15, -0.1) is 0 Å². The van der Waals surface area contributed by atoms with E-state index in [0.29, 0.717) is 47.9 Å². The summed E-state index contributed by atoms with van der Waals surface area (Å²) in [7, 11) is 0. The van der Waals surface area contributed by atoms with Crippen molar-refractivity contribution < 1.29 is 24.2 Å². The number of nitrogens with zero attached hydrogens (tertiary/aromatic N) is 3. The summed E-state index contributed by atoms with van der Waals surface area (Å²) < 4.78 is 5.70. The summed E-state index contributed by atoms with van der Waals surface area (Å²) in [5.41, 5.74) is 5.90. The van der Waals surface area contributed by atoms with Crippen LogP contribution in [0.25, 0.3) is 11.0 Å². The summed E-state index contributed by atoms with van der Waals surface area (Å²) in [4.78, 5) is 49.3. The van der Waals surface area contributed by atoms with Gasteiger partial charge in [-0.1, -0.05) is 44.5 Å². The molecule has 1 saturated heterocycles. The average Bonchev–Trinajstić information content (AvgIpc) is 3.31. The Bertz CT molecular complexity index is 1360. The van der Waals surface area contributed by atoms with E-state index >= 15 is 0 Å². The van der Waals surface area contributed by atoms with Crippen molar-refractivity contribution in [1.29, 1.82) is 0 Å². The van der Waals surface area contributed by atoms with Crippen LogP contribution in [0.1, 0.15) is 26.3 Å². The topological polar surface area (TPSA) is 154 Å². The van der Waals surface area contributed by atoms with Crippen LogP contribution in [0.4, 0.5) is 16.2 Å². The number of rotatable bonds is 7. The summed E-state index contributed by atoms with van der Waals surface area (Å²) in [6.07, 6.45) is 2.41. The number of benzene rings is 1. The molecule has 0 bridgehead atoms. The Labute approximate surface area is 231 Å². The first kappa shape index (κ1) is 28.2. The molecule has 0 unspecified atom stereocenters. The minimum Gasteiger partial charge on any atom is -0.432 e. The zero-order valence-electron chi connectivity index (χ0n) is 22.2. The van der Waals surface area contributed by atoms with Crippen molar-refractivity contribution in [3.63, 3.8) is 0 Å². The van der Waals surface area contributed by atoms with Crippen LogP contribution in [-0.2, 0) is 20.7 Å². The number of fused-ring (bicyclic) bond motifs is 1. The number of anilines is 2. The van der Waals surface area contributed by atoms with Crippen LogP contribution < -0.4 is 16.0 Å². The lowest BCUT2D eigenvalue weighted by molar-refractivity contribution is -0.164. The predicted octanol–water partition coefficient (Wildman–Crippen LogP) is 2.92. The molecule has 1 atom stereocenters. The lowest BCUT2D eigenvalue weighted by Crippen LogP contribution is -2.63. The van der Waals surface area contributed by atoms with Crippen molar-refractivity contribution in [3.05, 3.63) is 53.3 Å². The van der Waals surface area contributed by atoms with Gasteiger partial charge in [-0.3, -0.25) is 9.59 Å². The number of aromatic amines is 1. The Kier molecular flexibility index (Phi) is 8.03. The Morgan fingerprint density at radius 3 is 2.38 bits per heavy atom. The van der Waals surface area contributed by atoms with Crippen molar-refractivity contribution >= 4 is 51.9 Å². The molecule has 3 amide bonds. The molecule has 12 heteroatoms. The number of ether oxygens (including phenoxy) is 1. The molecule has 2 aromatic heterocycles. The maximum Gasteiger partial charge on any atom is 0.405 e. The molecule has 208 valence electrons. The van der Waals surface area contributed by atoms with Crippen molar-refractivity contribution in [2.75, 3.05) is 43.0 Å². The van der Waals surface area contributed by atoms with Gasteiger partial charge in [0.15, 0.2) is 0 Å². The second-order valence-corrected chi connectivity index (χ2v) is 11.0. The number of nitrogens with two attached hydrogens (primary N) is 1. The number of hydrogen-bond acceptors (Lipinski definition) is 7. The second kappa shape index (κ2) is 11.1. The van der Waals surface area contributed by atoms with Gasteiger partial charge in [0.2, 0.25) is 11.5 Å². The van der Waals surface area contributed by atoms with E-state index in [4.69, 9.17) is 27.2 Å². The fraction of sp³-hybridized carbons (Fsp3) is 0.407. The number of primary amides is 1. The fourth-order valence-corrected chi connectivity index (χ4v) is 5.08. The molecular weight excluding hydrogens is 524 g/mol. The van der Waals surface area contributed by atoms with Crippen LogP contribution in [0.3, 0.4) is 0 Å². The minimum absolute atomic E-state index is 0.137. The number of carbonyl (C=O) groups is 3. The number of piperazine rings is 1. The van der Waals surface area contributed by atoms with Gasteiger partial charge in [0.1, 0.15) is 12.3 Å². The Hall–Kier alpha value is -3.83. The molecule has 1 aromatic carbocycles. The molecule has 0 aliphatic carbocycles. The molecule has 3 aromatic rings. The molecule has 39 heavy (non-hydrogen) atoms. The summed E-state index contributed by atoms with van der Waals surface area (Å²) in [5, 5.41) is 13.1. The highest BCUT2D eigenvalue weighted by Gasteiger charge is 2.54. The van der Waals surface area contributed by atoms with Gasteiger partial charge in [0.05, 0.1) is 16.8 Å². The van der Waals surface area contributed by atoms with Crippen molar-refractivity contribution in [1.82, 2.24) is 14.9 Å². The van der Waals surface area contributed by atoms with Crippen LogP contribution in [0.5, 0.6) is 0 Å². The first-order valence-electron chi connectivity index (χ1n) is 12.6. The number of halogens is 1. The zero-order chi connectivity index (χ0) is 28.4. The van der Waals surface area contributed by atoms with Gasteiger partial charge in [0.25, 0.3) is 5.91 Å². The van der Waals surface area contributed by atoms with E-state index in [2.05, 4.69) is 20.2 Å². The SMILES string of the molecule is CC(C)(C)[C@@](Cc1ccc(Cl)cc1)(OC(N)=O)C(=O)N1CCN(c2ccnc3[nH]cc(NC(=O)CO)c23)CC1. The summed E-state index contributed by atoms with van der Waals surface area (Å²) >= 11 is 6.05. The number of H-pyrrole nitrogens is 1. The Balaban J connectivity index is 1.60. The van der Waals surface area contributed by atoms with E-state index in [0.717, 1.165) is 11.3 Å². The smallest absolute Gasteiger partial charge is 0.405 e. The fourth-order valence-electron chi connectivity index (χ4n) is 4.95. The molecule has 1 aliphatic rings. The Morgan fingerprint density at radius 1 is 1.13 bits per heavy atom. The van der Waals surface area contributed by atoms with Gasteiger partial charge in [-0.05, 0) is 23.8 Å².